The molecule has 0 saturated carbocycles. The number of anilines is 2. The monoisotopic (exact) mass is 440 g/mol. The Labute approximate surface area is 182 Å². The van der Waals surface area contributed by atoms with E-state index in [4.69, 9.17) is 9.47 Å². The molecule has 8 heteroatoms. The number of hydrogen-bond acceptors (Lipinski definition) is 5. The van der Waals surface area contributed by atoms with Gasteiger partial charge in [-0.3, -0.25) is 9.10 Å². The third-order valence-corrected chi connectivity index (χ3v) is 5.66. The van der Waals surface area contributed by atoms with Crippen LogP contribution in [0.3, 0.4) is 0 Å². The smallest absolute Gasteiger partial charge is 0.257 e. The standard InChI is InChI=1S/C23H24N2O5S/c1-4-29-18-13-15-20(16-14-18)30-19-11-9-17(10-12-19)24-23(26)21-7-5-6-8-22(21)25(2)31(3,27)28/h5-16H,4H2,1-3H3,(H,24,26). The molecule has 1 N–H and O–H groups in total. The van der Waals surface area contributed by atoms with E-state index >= 15 is 0 Å². The van der Waals surface area contributed by atoms with Gasteiger partial charge in [0.2, 0.25) is 10.0 Å². The van der Waals surface area contributed by atoms with Crippen molar-refractivity contribution in [3.05, 3.63) is 78.4 Å². The second-order valence-corrected chi connectivity index (χ2v) is 8.75. The average molecular weight is 441 g/mol. The van der Waals surface area contributed by atoms with Gasteiger partial charge in [0.15, 0.2) is 0 Å². The molecule has 3 aromatic rings. The summed E-state index contributed by atoms with van der Waals surface area (Å²) in [7, 11) is -2.09. The Hall–Kier alpha value is -3.52. The number of hydrogen-bond donors (Lipinski definition) is 1. The minimum atomic E-state index is -3.50. The molecule has 0 saturated heterocycles. The molecule has 0 aliphatic rings. The largest absolute Gasteiger partial charge is 0.494 e. The van der Waals surface area contributed by atoms with Crippen molar-refractivity contribution in [2.24, 2.45) is 0 Å². The Morgan fingerprint density at radius 2 is 1.45 bits per heavy atom. The van der Waals surface area contributed by atoms with Crippen molar-refractivity contribution >= 4 is 27.3 Å². The molecular formula is C23H24N2O5S. The number of para-hydroxylation sites is 1. The highest BCUT2D eigenvalue weighted by Gasteiger charge is 2.19. The third-order valence-electron chi connectivity index (χ3n) is 4.47. The Morgan fingerprint density at radius 3 is 2.03 bits per heavy atom. The fourth-order valence-corrected chi connectivity index (χ4v) is 3.35. The second-order valence-electron chi connectivity index (χ2n) is 6.73. The van der Waals surface area contributed by atoms with Crippen molar-refractivity contribution in [1.29, 1.82) is 0 Å². The van der Waals surface area contributed by atoms with Gasteiger partial charge in [0.25, 0.3) is 5.91 Å². The number of nitrogens with one attached hydrogen (secondary N) is 1. The van der Waals surface area contributed by atoms with Gasteiger partial charge in [-0.15, -0.1) is 0 Å². The number of carbonyl (C=O) groups excluding carboxylic acids is 1. The van der Waals surface area contributed by atoms with Crippen molar-refractivity contribution in [2.75, 3.05) is 29.5 Å². The molecule has 0 radical (unpaired) electrons. The molecule has 0 fully saturated rings. The van der Waals surface area contributed by atoms with Crippen LogP contribution >= 0.6 is 0 Å². The summed E-state index contributed by atoms with van der Waals surface area (Å²) in [5.41, 5.74) is 1.11. The van der Waals surface area contributed by atoms with Gasteiger partial charge in [-0.1, -0.05) is 12.1 Å². The van der Waals surface area contributed by atoms with E-state index in [0.29, 0.717) is 29.5 Å². The minimum Gasteiger partial charge on any atom is -0.494 e. The Balaban J connectivity index is 1.70. The van der Waals surface area contributed by atoms with Crippen LogP contribution in [0.15, 0.2) is 72.8 Å². The average Bonchev–Trinajstić information content (AvgIpc) is 2.75. The van der Waals surface area contributed by atoms with E-state index in [2.05, 4.69) is 5.32 Å². The van der Waals surface area contributed by atoms with Gasteiger partial charge in [-0.25, -0.2) is 8.42 Å². The predicted octanol–water partition coefficient (Wildman–Crippen LogP) is 4.53. The summed E-state index contributed by atoms with van der Waals surface area (Å²) in [5, 5.41) is 2.78. The van der Waals surface area contributed by atoms with Crippen LogP contribution in [-0.2, 0) is 10.0 Å². The number of benzene rings is 3. The zero-order valence-electron chi connectivity index (χ0n) is 17.5. The van der Waals surface area contributed by atoms with Gasteiger partial charge in [0.1, 0.15) is 17.2 Å². The number of amides is 1. The van der Waals surface area contributed by atoms with E-state index < -0.39 is 15.9 Å². The van der Waals surface area contributed by atoms with Crippen LogP contribution in [0.4, 0.5) is 11.4 Å². The fourth-order valence-electron chi connectivity index (χ4n) is 2.83. The summed E-state index contributed by atoms with van der Waals surface area (Å²) >= 11 is 0. The lowest BCUT2D eigenvalue weighted by atomic mass is 10.1. The molecule has 0 bridgehead atoms. The second kappa shape index (κ2) is 9.53. The van der Waals surface area contributed by atoms with E-state index in [9.17, 15) is 13.2 Å². The maximum Gasteiger partial charge on any atom is 0.257 e. The summed E-state index contributed by atoms with van der Waals surface area (Å²) in [5.74, 6) is 1.64. The van der Waals surface area contributed by atoms with Gasteiger partial charge in [0, 0.05) is 12.7 Å². The highest BCUT2D eigenvalue weighted by molar-refractivity contribution is 7.92. The molecule has 3 aromatic carbocycles. The maximum absolute atomic E-state index is 12.8. The van der Waals surface area contributed by atoms with Gasteiger partial charge in [0.05, 0.1) is 24.1 Å². The molecule has 0 unspecified atom stereocenters. The van der Waals surface area contributed by atoms with Crippen LogP contribution in [0.2, 0.25) is 0 Å². The van der Waals surface area contributed by atoms with E-state index in [0.717, 1.165) is 16.3 Å². The Bertz CT molecular complexity index is 1140. The SMILES string of the molecule is CCOc1ccc(Oc2ccc(NC(=O)c3ccccc3N(C)S(C)(=O)=O)cc2)cc1. The van der Waals surface area contributed by atoms with E-state index in [1.807, 2.05) is 31.2 Å². The number of nitrogens with zero attached hydrogens (tertiary/aromatic N) is 1. The van der Waals surface area contributed by atoms with Crippen LogP contribution in [-0.4, -0.2) is 34.2 Å². The number of sulfonamides is 1. The van der Waals surface area contributed by atoms with Crippen LogP contribution in [0, 0.1) is 0 Å². The first-order valence-electron chi connectivity index (χ1n) is 9.63. The van der Waals surface area contributed by atoms with Gasteiger partial charge < -0.3 is 14.8 Å². The van der Waals surface area contributed by atoms with E-state index in [-0.39, 0.29) is 5.56 Å². The quantitative estimate of drug-likeness (QED) is 0.556. The molecule has 31 heavy (non-hydrogen) atoms. The number of rotatable bonds is 8. The van der Waals surface area contributed by atoms with E-state index in [1.54, 1.807) is 48.5 Å². The van der Waals surface area contributed by atoms with Crippen molar-refractivity contribution in [1.82, 2.24) is 0 Å². The summed E-state index contributed by atoms with van der Waals surface area (Å²) in [6, 6.07) is 20.7. The first-order valence-corrected chi connectivity index (χ1v) is 11.5. The molecule has 0 aliphatic carbocycles. The third kappa shape index (κ3) is 5.76. The molecule has 0 heterocycles. The molecule has 0 aromatic heterocycles. The minimum absolute atomic E-state index is 0.255. The fraction of sp³-hybridized carbons (Fsp3) is 0.174. The summed E-state index contributed by atoms with van der Waals surface area (Å²) in [4.78, 5) is 12.8. The van der Waals surface area contributed by atoms with Gasteiger partial charge in [-0.05, 0) is 67.6 Å². The lowest BCUT2D eigenvalue weighted by Crippen LogP contribution is -2.27. The van der Waals surface area contributed by atoms with Crippen molar-refractivity contribution in [2.45, 2.75) is 6.92 Å². The summed E-state index contributed by atoms with van der Waals surface area (Å²) in [6.07, 6.45) is 1.09. The van der Waals surface area contributed by atoms with Crippen molar-refractivity contribution < 1.29 is 22.7 Å². The van der Waals surface area contributed by atoms with Gasteiger partial charge >= 0.3 is 0 Å². The Kier molecular flexibility index (Phi) is 6.81. The van der Waals surface area contributed by atoms with Crippen molar-refractivity contribution in [3.63, 3.8) is 0 Å². The lowest BCUT2D eigenvalue weighted by molar-refractivity contribution is 0.102. The van der Waals surface area contributed by atoms with Crippen LogP contribution in [0.25, 0.3) is 0 Å². The summed E-state index contributed by atoms with van der Waals surface area (Å²) < 4.78 is 36.0. The number of carbonyl (C=O) groups is 1. The predicted molar refractivity (Wildman–Crippen MR) is 122 cm³/mol. The molecule has 3 rings (SSSR count). The highest BCUT2D eigenvalue weighted by Crippen LogP contribution is 2.26. The van der Waals surface area contributed by atoms with Crippen LogP contribution in [0.1, 0.15) is 17.3 Å². The molecule has 162 valence electrons. The topological polar surface area (TPSA) is 84.9 Å². The Morgan fingerprint density at radius 1 is 0.903 bits per heavy atom. The van der Waals surface area contributed by atoms with Crippen LogP contribution in [0.5, 0.6) is 17.2 Å². The van der Waals surface area contributed by atoms with Crippen molar-refractivity contribution in [3.8, 4) is 17.2 Å². The van der Waals surface area contributed by atoms with Crippen LogP contribution < -0.4 is 19.1 Å². The maximum atomic E-state index is 12.8. The zero-order chi connectivity index (χ0) is 22.4. The molecular weight excluding hydrogens is 416 g/mol. The van der Waals surface area contributed by atoms with E-state index in [1.165, 1.54) is 7.05 Å². The first kappa shape index (κ1) is 22.2. The zero-order valence-corrected chi connectivity index (χ0v) is 18.3. The molecule has 0 atom stereocenters. The molecule has 0 spiro atoms. The molecule has 1 amide bonds. The number of ether oxygens (including phenoxy) is 2. The summed E-state index contributed by atoms with van der Waals surface area (Å²) in [6.45, 7) is 2.52. The lowest BCUT2D eigenvalue weighted by Gasteiger charge is -2.19. The molecule has 0 aliphatic heterocycles. The first-order chi connectivity index (χ1) is 14.8. The highest BCUT2D eigenvalue weighted by atomic mass is 32.2. The molecule has 7 nitrogen and oxygen atoms in total. The normalized spacial score (nSPS) is 10.9. The van der Waals surface area contributed by atoms with Gasteiger partial charge in [-0.2, -0.15) is 0 Å².